The Kier molecular flexibility index (Phi) is 4.52. The Bertz CT molecular complexity index is 798. The number of carbonyl (C=O) groups is 2. The van der Waals surface area contributed by atoms with Crippen LogP contribution in [0, 0.1) is 0 Å². The number of rotatable bonds is 4. The molecule has 2 amide bonds. The van der Waals surface area contributed by atoms with Gasteiger partial charge >= 0.3 is 0 Å². The van der Waals surface area contributed by atoms with Gasteiger partial charge in [-0.1, -0.05) is 11.6 Å². The van der Waals surface area contributed by atoms with Gasteiger partial charge in [0.05, 0.1) is 10.6 Å². The summed E-state index contributed by atoms with van der Waals surface area (Å²) in [5, 5.41) is -0.162. The number of sulfonamides is 1. The van der Waals surface area contributed by atoms with Gasteiger partial charge in [0.25, 0.3) is 11.8 Å². The summed E-state index contributed by atoms with van der Waals surface area (Å²) in [5.74, 6) is -1.18. The molecule has 0 aromatic heterocycles. The zero-order valence-corrected chi connectivity index (χ0v) is 14.6. The lowest BCUT2D eigenvalue weighted by Crippen LogP contribution is -2.33. The molecule has 1 aliphatic rings. The van der Waals surface area contributed by atoms with Crippen LogP contribution in [0.15, 0.2) is 39.9 Å². The van der Waals surface area contributed by atoms with E-state index >= 15 is 0 Å². The number of anilines is 1. The van der Waals surface area contributed by atoms with E-state index in [9.17, 15) is 18.0 Å². The summed E-state index contributed by atoms with van der Waals surface area (Å²) in [6.45, 7) is 0. The Morgan fingerprint density at radius 2 is 1.48 bits per heavy atom. The minimum atomic E-state index is -3.58. The number of imide groups is 1. The predicted molar refractivity (Wildman–Crippen MR) is 86.4 cm³/mol. The summed E-state index contributed by atoms with van der Waals surface area (Å²) in [4.78, 5) is 27.0. The number of halogens is 1. The van der Waals surface area contributed by atoms with E-state index in [4.69, 9.17) is 11.6 Å². The average Bonchev–Trinajstić information content (AvgIpc) is 2.69. The number of carbonyl (C=O) groups excluding carboxylic acids is 2. The van der Waals surface area contributed by atoms with Crippen molar-refractivity contribution < 1.29 is 18.0 Å². The number of likely N-dealkylation sites (N-methyl/N-ethyl adjacent to an activating group) is 1. The Morgan fingerprint density at radius 1 is 0.957 bits per heavy atom. The molecule has 0 unspecified atom stereocenters. The van der Waals surface area contributed by atoms with Gasteiger partial charge < -0.3 is 4.90 Å². The van der Waals surface area contributed by atoms with Crippen LogP contribution in [0.3, 0.4) is 0 Å². The number of nitrogens with zero attached hydrogens (tertiary/aromatic N) is 3. The summed E-state index contributed by atoms with van der Waals surface area (Å²) in [6, 6.07) is 5.48. The molecular formula is C14H16ClN3O4S. The van der Waals surface area contributed by atoms with Crippen LogP contribution in [0.4, 0.5) is 5.69 Å². The van der Waals surface area contributed by atoms with Crippen LogP contribution in [0.25, 0.3) is 0 Å². The molecule has 1 aliphatic heterocycles. The molecule has 0 radical (unpaired) electrons. The molecule has 0 N–H and O–H groups in total. The first-order valence-corrected chi connectivity index (χ1v) is 8.39. The van der Waals surface area contributed by atoms with Crippen molar-refractivity contribution in [1.29, 1.82) is 0 Å². The molecule has 1 heterocycles. The van der Waals surface area contributed by atoms with Gasteiger partial charge in [-0.05, 0) is 24.3 Å². The molecule has 0 saturated carbocycles. The minimum Gasteiger partial charge on any atom is -0.372 e. The average molecular weight is 358 g/mol. The Balaban J connectivity index is 2.39. The highest BCUT2D eigenvalue weighted by molar-refractivity contribution is 7.89. The van der Waals surface area contributed by atoms with E-state index in [1.165, 1.54) is 43.3 Å². The molecule has 2 rings (SSSR count). The van der Waals surface area contributed by atoms with Crippen molar-refractivity contribution in [2.75, 3.05) is 33.1 Å². The van der Waals surface area contributed by atoms with Crippen LogP contribution in [-0.2, 0) is 19.6 Å². The largest absolute Gasteiger partial charge is 0.372 e. The third kappa shape index (κ3) is 2.85. The molecule has 0 aliphatic carbocycles. The van der Waals surface area contributed by atoms with E-state index in [0.717, 1.165) is 9.21 Å². The molecule has 0 spiro atoms. The van der Waals surface area contributed by atoms with Gasteiger partial charge in [0.15, 0.2) is 0 Å². The molecule has 0 fully saturated rings. The predicted octanol–water partition coefficient (Wildman–Crippen LogP) is 0.822. The topological polar surface area (TPSA) is 78.0 Å². The molecular weight excluding hydrogens is 342 g/mol. The number of hydrogen-bond acceptors (Lipinski definition) is 5. The van der Waals surface area contributed by atoms with E-state index < -0.39 is 21.8 Å². The zero-order chi connectivity index (χ0) is 17.5. The summed E-state index contributed by atoms with van der Waals surface area (Å²) in [5.41, 5.74) is 0.356. The first kappa shape index (κ1) is 17.5. The van der Waals surface area contributed by atoms with Crippen LogP contribution in [0.5, 0.6) is 0 Å². The first-order valence-electron chi connectivity index (χ1n) is 6.57. The van der Waals surface area contributed by atoms with Crippen molar-refractivity contribution in [2.24, 2.45) is 0 Å². The lowest BCUT2D eigenvalue weighted by molar-refractivity contribution is -0.120. The van der Waals surface area contributed by atoms with E-state index in [1.54, 1.807) is 14.1 Å². The fourth-order valence-electron chi connectivity index (χ4n) is 2.09. The molecule has 0 saturated heterocycles. The maximum atomic E-state index is 12.4. The van der Waals surface area contributed by atoms with Gasteiger partial charge in [-0.3, -0.25) is 9.59 Å². The SMILES string of the molecule is CN(C)C1=C(Cl)C(=O)N(c2ccc(S(=O)(=O)N(C)C)cc2)C1=O. The van der Waals surface area contributed by atoms with Gasteiger partial charge in [-0.15, -0.1) is 0 Å². The number of benzene rings is 1. The van der Waals surface area contributed by atoms with Gasteiger partial charge in [-0.25, -0.2) is 17.6 Å². The minimum absolute atomic E-state index is 0.0669. The quantitative estimate of drug-likeness (QED) is 0.746. The van der Waals surface area contributed by atoms with Crippen LogP contribution >= 0.6 is 11.6 Å². The van der Waals surface area contributed by atoms with Crippen molar-refractivity contribution in [1.82, 2.24) is 9.21 Å². The van der Waals surface area contributed by atoms with E-state index in [-0.39, 0.29) is 21.3 Å². The van der Waals surface area contributed by atoms with Crippen molar-refractivity contribution >= 4 is 39.1 Å². The molecule has 7 nitrogen and oxygen atoms in total. The third-order valence-electron chi connectivity index (χ3n) is 3.33. The molecule has 124 valence electrons. The normalized spacial score (nSPS) is 15.8. The lowest BCUT2D eigenvalue weighted by Gasteiger charge is -2.18. The Labute approximate surface area is 139 Å². The van der Waals surface area contributed by atoms with Crippen LogP contribution in [-0.4, -0.2) is 57.6 Å². The summed E-state index contributed by atoms with van der Waals surface area (Å²) < 4.78 is 25.1. The van der Waals surface area contributed by atoms with Gasteiger partial charge in [0, 0.05) is 28.2 Å². The standard InChI is InChI=1S/C14H16ClN3O4S/c1-16(2)12-11(15)13(19)18(14(12)20)9-5-7-10(8-6-9)23(21,22)17(3)4/h5-8H,1-4H3. The Hall–Kier alpha value is -1.90. The maximum absolute atomic E-state index is 12.4. The van der Waals surface area contributed by atoms with Crippen molar-refractivity contribution in [3.63, 3.8) is 0 Å². The van der Waals surface area contributed by atoms with E-state index in [1.807, 2.05) is 0 Å². The van der Waals surface area contributed by atoms with E-state index in [0.29, 0.717) is 0 Å². The van der Waals surface area contributed by atoms with Crippen LogP contribution in [0.1, 0.15) is 0 Å². The number of amides is 2. The third-order valence-corrected chi connectivity index (χ3v) is 5.50. The van der Waals surface area contributed by atoms with Crippen molar-refractivity contribution in [3.05, 3.63) is 35.0 Å². The van der Waals surface area contributed by atoms with Gasteiger partial charge in [-0.2, -0.15) is 0 Å². The molecule has 9 heteroatoms. The fourth-order valence-corrected chi connectivity index (χ4v) is 3.33. The second-order valence-corrected chi connectivity index (χ2v) is 7.81. The Morgan fingerprint density at radius 3 is 1.87 bits per heavy atom. The highest BCUT2D eigenvalue weighted by Crippen LogP contribution is 2.30. The van der Waals surface area contributed by atoms with Crippen molar-refractivity contribution in [2.45, 2.75) is 4.90 Å². The number of hydrogen-bond donors (Lipinski definition) is 0. The second kappa shape index (κ2) is 5.95. The summed E-state index contributed by atoms with van der Waals surface area (Å²) in [7, 11) is 2.48. The molecule has 0 bridgehead atoms. The fraction of sp³-hybridized carbons (Fsp3) is 0.286. The summed E-state index contributed by atoms with van der Waals surface area (Å²) >= 11 is 5.93. The highest BCUT2D eigenvalue weighted by atomic mass is 35.5. The maximum Gasteiger partial charge on any atom is 0.283 e. The van der Waals surface area contributed by atoms with Gasteiger partial charge in [0.2, 0.25) is 10.0 Å². The van der Waals surface area contributed by atoms with Crippen LogP contribution < -0.4 is 4.90 Å². The monoisotopic (exact) mass is 357 g/mol. The van der Waals surface area contributed by atoms with Crippen molar-refractivity contribution in [3.8, 4) is 0 Å². The lowest BCUT2D eigenvalue weighted by atomic mass is 10.3. The molecule has 0 atom stereocenters. The molecule has 1 aromatic carbocycles. The second-order valence-electron chi connectivity index (χ2n) is 5.28. The van der Waals surface area contributed by atoms with E-state index in [2.05, 4.69) is 0 Å². The molecule has 23 heavy (non-hydrogen) atoms. The zero-order valence-electron chi connectivity index (χ0n) is 13.1. The smallest absolute Gasteiger partial charge is 0.283 e. The highest BCUT2D eigenvalue weighted by Gasteiger charge is 2.39. The van der Waals surface area contributed by atoms with Crippen LogP contribution in [0.2, 0.25) is 0 Å². The van der Waals surface area contributed by atoms with Gasteiger partial charge in [0.1, 0.15) is 10.7 Å². The first-order chi connectivity index (χ1) is 10.6. The summed E-state index contributed by atoms with van der Waals surface area (Å²) in [6.07, 6.45) is 0. The molecule has 1 aromatic rings.